The molecule has 2 amide bonds. The highest BCUT2D eigenvalue weighted by molar-refractivity contribution is 6.39. The van der Waals surface area contributed by atoms with Crippen LogP contribution in [0, 0.1) is 13.8 Å². The van der Waals surface area contributed by atoms with Crippen LogP contribution in [0.3, 0.4) is 0 Å². The van der Waals surface area contributed by atoms with E-state index in [4.69, 9.17) is 4.74 Å². The Kier molecular flexibility index (Phi) is 6.11. The molecule has 1 heterocycles. The van der Waals surface area contributed by atoms with Crippen molar-refractivity contribution in [3.05, 3.63) is 53.2 Å². The van der Waals surface area contributed by atoms with Crippen molar-refractivity contribution in [1.29, 1.82) is 0 Å². The molecule has 1 unspecified atom stereocenters. The lowest BCUT2D eigenvalue weighted by atomic mass is 10.0. The maximum atomic E-state index is 12.2. The van der Waals surface area contributed by atoms with Crippen molar-refractivity contribution in [3.8, 4) is 5.75 Å². The largest absolute Gasteiger partial charge is 0.494 e. The number of amides is 2. The van der Waals surface area contributed by atoms with E-state index >= 15 is 0 Å². The minimum Gasteiger partial charge on any atom is -0.494 e. The summed E-state index contributed by atoms with van der Waals surface area (Å²) in [7, 11) is 0. The normalized spacial score (nSPS) is 11.5. The lowest BCUT2D eigenvalue weighted by molar-refractivity contribution is -0.136. The predicted octanol–water partition coefficient (Wildman–Crippen LogP) is 2.91. The quantitative estimate of drug-likeness (QED) is 0.820. The summed E-state index contributed by atoms with van der Waals surface area (Å²) in [4.78, 5) is 28.4. The molecule has 2 rings (SSSR count). The number of hydrogen-bond acceptors (Lipinski definition) is 4. The minimum atomic E-state index is -0.751. The van der Waals surface area contributed by atoms with Crippen molar-refractivity contribution in [2.24, 2.45) is 0 Å². The summed E-state index contributed by atoms with van der Waals surface area (Å²) in [5.74, 6) is -0.400. The van der Waals surface area contributed by atoms with Gasteiger partial charge < -0.3 is 15.4 Å². The Balaban J connectivity index is 2.08. The zero-order valence-electron chi connectivity index (χ0n) is 14.9. The second-order valence-corrected chi connectivity index (χ2v) is 5.79. The van der Waals surface area contributed by atoms with Gasteiger partial charge in [0.25, 0.3) is 0 Å². The number of anilines is 1. The molecule has 1 aromatic carbocycles. The van der Waals surface area contributed by atoms with Crippen molar-refractivity contribution in [2.45, 2.75) is 33.7 Å². The summed E-state index contributed by atoms with van der Waals surface area (Å²) in [6, 6.07) is 8.96. The van der Waals surface area contributed by atoms with E-state index in [9.17, 15) is 9.59 Å². The molecule has 0 aliphatic carbocycles. The van der Waals surface area contributed by atoms with E-state index in [1.807, 2.05) is 52.0 Å². The Hall–Kier alpha value is -2.89. The third-order valence-electron chi connectivity index (χ3n) is 3.73. The van der Waals surface area contributed by atoms with Crippen LogP contribution in [0.4, 0.5) is 5.82 Å². The summed E-state index contributed by atoms with van der Waals surface area (Å²) in [6.45, 7) is 8.01. The van der Waals surface area contributed by atoms with Crippen molar-refractivity contribution in [2.75, 3.05) is 11.9 Å². The van der Waals surface area contributed by atoms with E-state index in [0.29, 0.717) is 18.2 Å². The Labute approximate surface area is 147 Å². The van der Waals surface area contributed by atoms with Crippen LogP contribution >= 0.6 is 0 Å². The van der Waals surface area contributed by atoms with Gasteiger partial charge in [0.05, 0.1) is 12.6 Å². The second kappa shape index (κ2) is 8.28. The number of hydrogen-bond donors (Lipinski definition) is 2. The fourth-order valence-corrected chi connectivity index (χ4v) is 2.41. The Morgan fingerprint density at radius 3 is 2.64 bits per heavy atom. The minimum absolute atomic E-state index is 0.371. The third kappa shape index (κ3) is 4.79. The maximum Gasteiger partial charge on any atom is 0.314 e. The van der Waals surface area contributed by atoms with Crippen molar-refractivity contribution >= 4 is 17.6 Å². The van der Waals surface area contributed by atoms with E-state index < -0.39 is 11.8 Å². The first-order chi connectivity index (χ1) is 11.9. The topological polar surface area (TPSA) is 80.3 Å². The zero-order valence-corrected chi connectivity index (χ0v) is 14.9. The van der Waals surface area contributed by atoms with Gasteiger partial charge in [-0.15, -0.1) is 0 Å². The van der Waals surface area contributed by atoms with Crippen LogP contribution in [0.2, 0.25) is 0 Å². The number of nitrogens with zero attached hydrogens (tertiary/aromatic N) is 1. The molecular formula is C19H23N3O3. The first kappa shape index (κ1) is 18.4. The molecule has 0 saturated carbocycles. The van der Waals surface area contributed by atoms with Crippen molar-refractivity contribution in [3.63, 3.8) is 0 Å². The van der Waals surface area contributed by atoms with E-state index in [2.05, 4.69) is 15.6 Å². The van der Waals surface area contributed by atoms with Gasteiger partial charge in [0, 0.05) is 11.8 Å². The molecular weight excluding hydrogens is 318 g/mol. The van der Waals surface area contributed by atoms with Gasteiger partial charge in [-0.1, -0.05) is 23.8 Å². The summed E-state index contributed by atoms with van der Waals surface area (Å²) < 4.78 is 5.60. The summed E-state index contributed by atoms with van der Waals surface area (Å²) in [5, 5.41) is 5.23. The number of nitrogens with one attached hydrogen (secondary N) is 2. The van der Waals surface area contributed by atoms with Crippen LogP contribution in [0.5, 0.6) is 5.75 Å². The van der Waals surface area contributed by atoms with Gasteiger partial charge in [0.15, 0.2) is 0 Å². The van der Waals surface area contributed by atoms with Gasteiger partial charge in [-0.25, -0.2) is 4.98 Å². The molecule has 132 valence electrons. The molecule has 25 heavy (non-hydrogen) atoms. The number of ether oxygens (including phenoxy) is 1. The van der Waals surface area contributed by atoms with Gasteiger partial charge in [-0.3, -0.25) is 9.59 Å². The molecule has 0 bridgehead atoms. The SMILES string of the molecule is CCOc1ccc(C)cc1C(C)NC(=O)C(=O)Nc1ncccc1C. The molecule has 6 heteroatoms. The van der Waals surface area contributed by atoms with Crippen LogP contribution < -0.4 is 15.4 Å². The molecule has 0 spiro atoms. The number of aromatic nitrogens is 1. The summed E-state index contributed by atoms with van der Waals surface area (Å²) >= 11 is 0. The fourth-order valence-electron chi connectivity index (χ4n) is 2.41. The van der Waals surface area contributed by atoms with Crippen LogP contribution in [0.25, 0.3) is 0 Å². The first-order valence-corrected chi connectivity index (χ1v) is 8.19. The summed E-state index contributed by atoms with van der Waals surface area (Å²) in [6.07, 6.45) is 1.56. The Bertz CT molecular complexity index is 774. The lowest BCUT2D eigenvalue weighted by Gasteiger charge is -2.18. The molecule has 0 aliphatic heterocycles. The van der Waals surface area contributed by atoms with Gasteiger partial charge in [0.1, 0.15) is 11.6 Å². The van der Waals surface area contributed by atoms with Crippen LogP contribution in [-0.4, -0.2) is 23.4 Å². The van der Waals surface area contributed by atoms with Gasteiger partial charge in [-0.05, 0) is 45.4 Å². The van der Waals surface area contributed by atoms with Gasteiger partial charge in [0.2, 0.25) is 0 Å². The number of carbonyl (C=O) groups is 2. The molecule has 2 aromatic rings. The van der Waals surface area contributed by atoms with E-state index in [1.165, 1.54) is 0 Å². The van der Waals surface area contributed by atoms with Gasteiger partial charge in [-0.2, -0.15) is 0 Å². The fraction of sp³-hybridized carbons (Fsp3) is 0.316. The van der Waals surface area contributed by atoms with E-state index in [0.717, 1.165) is 16.7 Å². The highest BCUT2D eigenvalue weighted by Crippen LogP contribution is 2.26. The molecule has 6 nitrogen and oxygen atoms in total. The molecule has 2 N–H and O–H groups in total. The monoisotopic (exact) mass is 341 g/mol. The Morgan fingerprint density at radius 1 is 1.20 bits per heavy atom. The number of rotatable bonds is 5. The second-order valence-electron chi connectivity index (χ2n) is 5.79. The first-order valence-electron chi connectivity index (χ1n) is 8.19. The van der Waals surface area contributed by atoms with Crippen LogP contribution in [0.15, 0.2) is 36.5 Å². The van der Waals surface area contributed by atoms with Crippen molar-refractivity contribution in [1.82, 2.24) is 10.3 Å². The molecule has 0 saturated heterocycles. The summed E-state index contributed by atoms with van der Waals surface area (Å²) in [5.41, 5.74) is 2.67. The highest BCUT2D eigenvalue weighted by atomic mass is 16.5. The van der Waals surface area contributed by atoms with Crippen LogP contribution in [0.1, 0.15) is 36.6 Å². The molecule has 0 radical (unpaired) electrons. The lowest BCUT2D eigenvalue weighted by Crippen LogP contribution is -2.37. The maximum absolute atomic E-state index is 12.2. The average Bonchev–Trinajstić information content (AvgIpc) is 2.58. The van der Waals surface area contributed by atoms with Crippen LogP contribution in [-0.2, 0) is 9.59 Å². The standard InChI is InChI=1S/C19H23N3O3/c1-5-25-16-9-8-12(2)11-15(16)14(4)21-18(23)19(24)22-17-13(3)7-6-10-20-17/h6-11,14H,5H2,1-4H3,(H,21,23)(H,20,22,24). The molecule has 0 fully saturated rings. The molecule has 1 atom stereocenters. The number of benzene rings is 1. The predicted molar refractivity (Wildman–Crippen MR) is 96.5 cm³/mol. The molecule has 0 aliphatic rings. The number of carbonyl (C=O) groups excluding carboxylic acids is 2. The smallest absolute Gasteiger partial charge is 0.314 e. The third-order valence-corrected chi connectivity index (χ3v) is 3.73. The highest BCUT2D eigenvalue weighted by Gasteiger charge is 2.20. The van der Waals surface area contributed by atoms with E-state index in [1.54, 1.807) is 12.3 Å². The van der Waals surface area contributed by atoms with Gasteiger partial charge >= 0.3 is 11.8 Å². The van der Waals surface area contributed by atoms with Crippen molar-refractivity contribution < 1.29 is 14.3 Å². The number of pyridine rings is 1. The molecule has 1 aromatic heterocycles. The average molecular weight is 341 g/mol. The van der Waals surface area contributed by atoms with E-state index in [-0.39, 0.29) is 6.04 Å². The Morgan fingerprint density at radius 2 is 1.96 bits per heavy atom. The number of aryl methyl sites for hydroxylation is 2. The zero-order chi connectivity index (χ0) is 18.4.